The highest BCUT2D eigenvalue weighted by molar-refractivity contribution is 7.92. The highest BCUT2D eigenvalue weighted by atomic mass is 35.5. The first kappa shape index (κ1) is 18.0. The van der Waals surface area contributed by atoms with Gasteiger partial charge < -0.3 is 4.90 Å². The van der Waals surface area contributed by atoms with Gasteiger partial charge in [0, 0.05) is 23.0 Å². The zero-order chi connectivity index (χ0) is 18.4. The second-order valence-electron chi connectivity index (χ2n) is 7.10. The van der Waals surface area contributed by atoms with Crippen LogP contribution in [0.1, 0.15) is 30.6 Å². The summed E-state index contributed by atoms with van der Waals surface area (Å²) >= 11 is 7.47. The van der Waals surface area contributed by atoms with Crippen molar-refractivity contribution in [1.82, 2.24) is 4.90 Å². The Morgan fingerprint density at radius 2 is 1.77 bits per heavy atom. The molecule has 1 aliphatic carbocycles. The van der Waals surface area contributed by atoms with E-state index in [1.165, 1.54) is 12.1 Å². The molecule has 4 rings (SSSR count). The first-order chi connectivity index (χ1) is 12.4. The number of likely N-dealkylation sites (tertiary alicyclic amines) is 1. The summed E-state index contributed by atoms with van der Waals surface area (Å²) in [6, 6.07) is 10.3. The molecule has 2 heterocycles. The van der Waals surface area contributed by atoms with Crippen LogP contribution in [-0.2, 0) is 20.0 Å². The van der Waals surface area contributed by atoms with Crippen LogP contribution < -0.4 is 0 Å². The third-order valence-electron chi connectivity index (χ3n) is 5.58. The number of hydrogen-bond acceptors (Lipinski definition) is 4. The van der Waals surface area contributed by atoms with Crippen LogP contribution in [0.3, 0.4) is 0 Å². The molecule has 0 radical (unpaired) electrons. The van der Waals surface area contributed by atoms with Gasteiger partial charge in [0.15, 0.2) is 9.84 Å². The fourth-order valence-electron chi connectivity index (χ4n) is 4.01. The van der Waals surface area contributed by atoms with Crippen LogP contribution in [-0.4, -0.2) is 37.6 Å². The van der Waals surface area contributed by atoms with Gasteiger partial charge in [0.05, 0.1) is 10.3 Å². The SMILES string of the molecule is O=C(N1CC(S(=O)(=O)c2ccc(Cl)cc2)C1)C1(c2cccs2)CCCC1. The predicted octanol–water partition coefficient (Wildman–Crippen LogP) is 3.90. The number of halogens is 1. The quantitative estimate of drug-likeness (QED) is 0.769. The maximum atomic E-state index is 13.2. The summed E-state index contributed by atoms with van der Waals surface area (Å²) in [5.74, 6) is 0.0972. The van der Waals surface area contributed by atoms with Gasteiger partial charge in [-0.2, -0.15) is 0 Å². The van der Waals surface area contributed by atoms with Crippen molar-refractivity contribution in [2.24, 2.45) is 0 Å². The Balaban J connectivity index is 1.50. The number of carbonyl (C=O) groups is 1. The standard InChI is InChI=1S/C19H20ClNO3S2/c20-14-5-7-15(8-6-14)26(23,24)16-12-21(13-16)18(22)19(9-1-2-10-19)17-4-3-11-25-17/h3-8,11,16H,1-2,9-10,12-13H2. The minimum absolute atomic E-state index is 0.0972. The number of thiophene rings is 1. The Morgan fingerprint density at radius 3 is 2.35 bits per heavy atom. The molecule has 0 bridgehead atoms. The van der Waals surface area contributed by atoms with E-state index in [4.69, 9.17) is 11.6 Å². The van der Waals surface area contributed by atoms with Gasteiger partial charge in [0.2, 0.25) is 5.91 Å². The highest BCUT2D eigenvalue weighted by Crippen LogP contribution is 2.45. The van der Waals surface area contributed by atoms with E-state index in [1.54, 1.807) is 28.4 Å². The van der Waals surface area contributed by atoms with Gasteiger partial charge >= 0.3 is 0 Å². The summed E-state index contributed by atoms with van der Waals surface area (Å²) in [4.78, 5) is 16.3. The predicted molar refractivity (Wildman–Crippen MR) is 103 cm³/mol. The van der Waals surface area contributed by atoms with Crippen LogP contribution in [0.25, 0.3) is 0 Å². The lowest BCUT2D eigenvalue weighted by Gasteiger charge is -2.43. The van der Waals surface area contributed by atoms with Crippen LogP contribution >= 0.6 is 22.9 Å². The summed E-state index contributed by atoms with van der Waals surface area (Å²) in [7, 11) is -3.43. The number of nitrogens with zero attached hydrogens (tertiary/aromatic N) is 1. The summed E-state index contributed by atoms with van der Waals surface area (Å²) in [6.45, 7) is 0.549. The normalized spacial score (nSPS) is 20.1. The lowest BCUT2D eigenvalue weighted by atomic mass is 9.82. The summed E-state index contributed by atoms with van der Waals surface area (Å²) in [5.41, 5.74) is -0.441. The number of amides is 1. The summed E-state index contributed by atoms with van der Waals surface area (Å²) < 4.78 is 25.5. The second-order valence-corrected chi connectivity index (χ2v) is 10.7. The van der Waals surface area contributed by atoms with Crippen LogP contribution in [0.5, 0.6) is 0 Å². The van der Waals surface area contributed by atoms with Gasteiger partial charge in [-0.1, -0.05) is 30.5 Å². The van der Waals surface area contributed by atoms with Crippen molar-refractivity contribution in [1.29, 1.82) is 0 Å². The molecule has 0 N–H and O–H groups in total. The molecule has 1 saturated heterocycles. The highest BCUT2D eigenvalue weighted by Gasteiger charge is 2.50. The van der Waals surface area contributed by atoms with Gasteiger partial charge in [-0.05, 0) is 48.6 Å². The molecule has 0 atom stereocenters. The van der Waals surface area contributed by atoms with Crippen molar-refractivity contribution in [2.45, 2.75) is 41.2 Å². The van der Waals surface area contributed by atoms with Gasteiger partial charge in [-0.3, -0.25) is 4.79 Å². The fourth-order valence-corrected chi connectivity index (χ4v) is 6.77. The zero-order valence-corrected chi connectivity index (χ0v) is 16.6. The first-order valence-electron chi connectivity index (χ1n) is 8.76. The number of hydrogen-bond donors (Lipinski definition) is 0. The van der Waals surface area contributed by atoms with Crippen LogP contribution in [0.4, 0.5) is 0 Å². The largest absolute Gasteiger partial charge is 0.339 e. The Morgan fingerprint density at radius 1 is 1.12 bits per heavy atom. The van der Waals surface area contributed by atoms with Crippen molar-refractivity contribution < 1.29 is 13.2 Å². The molecular weight excluding hydrogens is 390 g/mol. The molecule has 4 nitrogen and oxygen atoms in total. The molecule has 1 saturated carbocycles. The molecule has 26 heavy (non-hydrogen) atoms. The van der Waals surface area contributed by atoms with E-state index in [9.17, 15) is 13.2 Å². The molecule has 1 aromatic carbocycles. The number of carbonyl (C=O) groups excluding carboxylic acids is 1. The van der Waals surface area contributed by atoms with Crippen molar-refractivity contribution in [3.63, 3.8) is 0 Å². The van der Waals surface area contributed by atoms with Gasteiger partial charge in [-0.15, -0.1) is 11.3 Å². The molecule has 1 aromatic heterocycles. The molecule has 2 fully saturated rings. The molecule has 0 spiro atoms. The Kier molecular flexibility index (Phi) is 4.61. The smallest absolute Gasteiger partial charge is 0.234 e. The maximum absolute atomic E-state index is 13.2. The van der Waals surface area contributed by atoms with Gasteiger partial charge in [0.25, 0.3) is 0 Å². The van der Waals surface area contributed by atoms with Crippen molar-refractivity contribution >= 4 is 38.7 Å². The van der Waals surface area contributed by atoms with E-state index >= 15 is 0 Å². The van der Waals surface area contributed by atoms with E-state index in [1.807, 2.05) is 17.5 Å². The first-order valence-corrected chi connectivity index (χ1v) is 11.6. The number of benzene rings is 1. The van der Waals surface area contributed by atoms with Crippen molar-refractivity contribution in [3.05, 3.63) is 51.7 Å². The van der Waals surface area contributed by atoms with Crippen LogP contribution in [0, 0.1) is 0 Å². The Hall–Kier alpha value is -1.37. The van der Waals surface area contributed by atoms with E-state index < -0.39 is 20.5 Å². The molecule has 2 aliphatic rings. The van der Waals surface area contributed by atoms with Crippen LogP contribution in [0.2, 0.25) is 5.02 Å². The molecule has 1 aliphatic heterocycles. The average Bonchev–Trinajstić information content (AvgIpc) is 3.26. The average molecular weight is 410 g/mol. The van der Waals surface area contributed by atoms with E-state index in [-0.39, 0.29) is 23.9 Å². The summed E-state index contributed by atoms with van der Waals surface area (Å²) in [5, 5.41) is 1.98. The summed E-state index contributed by atoms with van der Waals surface area (Å²) in [6.07, 6.45) is 3.81. The maximum Gasteiger partial charge on any atom is 0.234 e. The molecule has 7 heteroatoms. The second kappa shape index (κ2) is 6.66. The Labute approximate surface area is 162 Å². The van der Waals surface area contributed by atoms with E-state index in [0.717, 1.165) is 30.6 Å². The molecule has 2 aromatic rings. The fraction of sp³-hybridized carbons (Fsp3) is 0.421. The van der Waals surface area contributed by atoms with Gasteiger partial charge in [-0.25, -0.2) is 8.42 Å². The van der Waals surface area contributed by atoms with Crippen LogP contribution in [0.15, 0.2) is 46.7 Å². The zero-order valence-electron chi connectivity index (χ0n) is 14.2. The molecule has 138 valence electrons. The minimum atomic E-state index is -3.43. The lowest BCUT2D eigenvalue weighted by molar-refractivity contribution is -0.140. The Bertz CT molecular complexity index is 895. The lowest BCUT2D eigenvalue weighted by Crippen LogP contribution is -2.60. The molecule has 1 amide bonds. The van der Waals surface area contributed by atoms with E-state index in [0.29, 0.717) is 5.02 Å². The van der Waals surface area contributed by atoms with Crippen molar-refractivity contribution in [3.8, 4) is 0 Å². The number of rotatable bonds is 4. The van der Waals surface area contributed by atoms with E-state index in [2.05, 4.69) is 0 Å². The topological polar surface area (TPSA) is 54.5 Å². The van der Waals surface area contributed by atoms with Crippen molar-refractivity contribution in [2.75, 3.05) is 13.1 Å². The minimum Gasteiger partial charge on any atom is -0.339 e. The monoisotopic (exact) mass is 409 g/mol. The third kappa shape index (κ3) is 2.88. The molecule has 0 unspecified atom stereocenters. The van der Waals surface area contributed by atoms with Gasteiger partial charge in [0.1, 0.15) is 5.25 Å². The number of sulfone groups is 1. The molecular formula is C19H20ClNO3S2. The third-order valence-corrected chi connectivity index (χ3v) is 9.01.